The minimum atomic E-state index is -0.708. The first kappa shape index (κ1) is 18.2. The van der Waals surface area contributed by atoms with Gasteiger partial charge >= 0.3 is 6.03 Å². The zero-order valence-electron chi connectivity index (χ0n) is 14.6. The molecule has 0 saturated heterocycles. The summed E-state index contributed by atoms with van der Waals surface area (Å²) >= 11 is 0. The van der Waals surface area contributed by atoms with Gasteiger partial charge < -0.3 is 19.5 Å². The Kier molecular flexibility index (Phi) is 5.55. The molecule has 0 bridgehead atoms. The second-order valence-corrected chi connectivity index (χ2v) is 5.70. The highest BCUT2D eigenvalue weighted by atomic mass is 16.6. The third-order valence-corrected chi connectivity index (χ3v) is 3.68. The molecule has 8 nitrogen and oxygen atoms in total. The van der Waals surface area contributed by atoms with Gasteiger partial charge in [0.25, 0.3) is 5.91 Å². The van der Waals surface area contributed by atoms with Crippen molar-refractivity contribution in [1.82, 2.24) is 5.32 Å². The maximum atomic E-state index is 12.0. The molecule has 0 radical (unpaired) electrons. The molecule has 0 aromatic heterocycles. The van der Waals surface area contributed by atoms with Crippen molar-refractivity contribution in [3.05, 3.63) is 48.0 Å². The van der Waals surface area contributed by atoms with Gasteiger partial charge in [-0.25, -0.2) is 4.79 Å². The van der Waals surface area contributed by atoms with E-state index in [0.29, 0.717) is 36.0 Å². The number of benzene rings is 2. The van der Waals surface area contributed by atoms with Crippen LogP contribution in [0.25, 0.3) is 0 Å². The quantitative estimate of drug-likeness (QED) is 0.784. The number of Topliss-reactive ketones (excluding diaryl/α,β-unsaturated/α-hetero) is 1. The monoisotopic (exact) mass is 370 g/mol. The highest BCUT2D eigenvalue weighted by Gasteiger charge is 2.15. The molecule has 27 heavy (non-hydrogen) atoms. The molecule has 0 spiro atoms. The number of urea groups is 1. The standard InChI is InChI=1S/C19H18N2O6/c1-12(22)14-4-2-3-5-15(14)27-11-18(23)21-19(24)20-13-6-7-16-17(10-13)26-9-8-25-16/h2-7,10H,8-9,11H2,1H3,(H2,20,21,23,24). The molecule has 8 heteroatoms. The van der Waals surface area contributed by atoms with Crippen molar-refractivity contribution in [2.24, 2.45) is 0 Å². The molecule has 3 amide bonds. The molecule has 3 rings (SSSR count). The zero-order chi connectivity index (χ0) is 19.2. The van der Waals surface area contributed by atoms with E-state index < -0.39 is 18.5 Å². The Morgan fingerprint density at radius 3 is 2.56 bits per heavy atom. The maximum absolute atomic E-state index is 12.0. The summed E-state index contributed by atoms with van der Waals surface area (Å²) in [7, 11) is 0. The fourth-order valence-electron chi connectivity index (χ4n) is 2.47. The lowest BCUT2D eigenvalue weighted by atomic mass is 10.1. The van der Waals surface area contributed by atoms with Crippen molar-refractivity contribution in [1.29, 1.82) is 0 Å². The van der Waals surface area contributed by atoms with Crippen LogP contribution in [0.5, 0.6) is 17.2 Å². The minimum absolute atomic E-state index is 0.178. The topological polar surface area (TPSA) is 103 Å². The predicted molar refractivity (Wildman–Crippen MR) is 96.5 cm³/mol. The number of ether oxygens (including phenoxy) is 3. The molecule has 2 aromatic rings. The molecule has 1 heterocycles. The van der Waals surface area contributed by atoms with Crippen LogP contribution < -0.4 is 24.8 Å². The van der Waals surface area contributed by atoms with Crippen molar-refractivity contribution in [3.8, 4) is 17.2 Å². The number of rotatable bonds is 5. The van der Waals surface area contributed by atoms with Crippen LogP contribution in [-0.4, -0.2) is 37.5 Å². The van der Waals surface area contributed by atoms with E-state index in [2.05, 4.69) is 10.6 Å². The number of hydrogen-bond acceptors (Lipinski definition) is 6. The number of hydrogen-bond donors (Lipinski definition) is 2. The van der Waals surface area contributed by atoms with E-state index in [1.165, 1.54) is 6.92 Å². The number of nitrogens with one attached hydrogen (secondary N) is 2. The fraction of sp³-hybridized carbons (Fsp3) is 0.211. The molecule has 140 valence electrons. The Morgan fingerprint density at radius 2 is 1.78 bits per heavy atom. The second kappa shape index (κ2) is 8.22. The van der Waals surface area contributed by atoms with E-state index in [9.17, 15) is 14.4 Å². The summed E-state index contributed by atoms with van der Waals surface area (Å²) < 4.78 is 16.2. The maximum Gasteiger partial charge on any atom is 0.325 e. The average molecular weight is 370 g/mol. The number of amides is 3. The largest absolute Gasteiger partial charge is 0.486 e. The van der Waals surface area contributed by atoms with Crippen molar-refractivity contribution in [3.63, 3.8) is 0 Å². The number of para-hydroxylation sites is 1. The molecule has 0 fully saturated rings. The van der Waals surface area contributed by atoms with Gasteiger partial charge in [0, 0.05) is 11.8 Å². The molecule has 0 unspecified atom stereocenters. The molecule has 0 atom stereocenters. The van der Waals surface area contributed by atoms with E-state index in [1.807, 2.05) is 0 Å². The minimum Gasteiger partial charge on any atom is -0.486 e. The van der Waals surface area contributed by atoms with Gasteiger partial charge in [-0.3, -0.25) is 14.9 Å². The summed E-state index contributed by atoms with van der Waals surface area (Å²) in [5, 5.41) is 4.69. The molecule has 0 saturated carbocycles. The SMILES string of the molecule is CC(=O)c1ccccc1OCC(=O)NC(=O)Nc1ccc2c(c1)OCCO2. The summed E-state index contributed by atoms with van der Waals surface area (Å²) in [5.74, 6) is 0.577. The zero-order valence-corrected chi connectivity index (χ0v) is 14.6. The molecule has 1 aliphatic rings. The van der Waals surface area contributed by atoms with Gasteiger partial charge in [-0.15, -0.1) is 0 Å². The molecule has 2 aromatic carbocycles. The number of fused-ring (bicyclic) bond motifs is 1. The number of anilines is 1. The molecule has 0 aliphatic carbocycles. The first-order chi connectivity index (χ1) is 13.0. The van der Waals surface area contributed by atoms with Crippen molar-refractivity contribution >= 4 is 23.4 Å². The van der Waals surface area contributed by atoms with Crippen LogP contribution in [0.2, 0.25) is 0 Å². The van der Waals surface area contributed by atoms with E-state index in [4.69, 9.17) is 14.2 Å². The molecule has 1 aliphatic heterocycles. The van der Waals surface area contributed by atoms with Crippen LogP contribution in [0.4, 0.5) is 10.5 Å². The summed E-state index contributed by atoms with van der Waals surface area (Å²) in [5.41, 5.74) is 0.818. The van der Waals surface area contributed by atoms with E-state index in [0.717, 1.165) is 0 Å². The van der Waals surface area contributed by atoms with Gasteiger partial charge in [-0.1, -0.05) is 12.1 Å². The smallest absolute Gasteiger partial charge is 0.325 e. The van der Waals surface area contributed by atoms with Crippen molar-refractivity contribution in [2.45, 2.75) is 6.92 Å². The Balaban J connectivity index is 1.52. The van der Waals surface area contributed by atoms with Gasteiger partial charge in [0.1, 0.15) is 19.0 Å². The normalized spacial score (nSPS) is 12.0. The Hall–Kier alpha value is -3.55. The van der Waals surface area contributed by atoms with E-state index >= 15 is 0 Å². The van der Waals surface area contributed by atoms with Crippen LogP contribution in [0.3, 0.4) is 0 Å². The number of carbonyl (C=O) groups excluding carboxylic acids is 3. The lowest BCUT2D eigenvalue weighted by molar-refractivity contribution is -0.121. The fourth-order valence-corrected chi connectivity index (χ4v) is 2.47. The third-order valence-electron chi connectivity index (χ3n) is 3.68. The van der Waals surface area contributed by atoms with Gasteiger partial charge in [0.15, 0.2) is 23.9 Å². The number of imide groups is 1. The highest BCUT2D eigenvalue weighted by Crippen LogP contribution is 2.32. The van der Waals surface area contributed by atoms with Crippen molar-refractivity contribution in [2.75, 3.05) is 25.1 Å². The van der Waals surface area contributed by atoms with Crippen LogP contribution in [0.1, 0.15) is 17.3 Å². The molecular weight excluding hydrogens is 352 g/mol. The van der Waals surface area contributed by atoms with Crippen LogP contribution >= 0.6 is 0 Å². The summed E-state index contributed by atoms with van der Waals surface area (Å²) in [6, 6.07) is 10.8. The first-order valence-corrected chi connectivity index (χ1v) is 8.26. The lowest BCUT2D eigenvalue weighted by Gasteiger charge is -2.19. The van der Waals surface area contributed by atoms with Gasteiger partial charge in [0.2, 0.25) is 0 Å². The Bertz CT molecular complexity index is 880. The van der Waals surface area contributed by atoms with Crippen LogP contribution in [-0.2, 0) is 4.79 Å². The highest BCUT2D eigenvalue weighted by molar-refractivity contribution is 6.02. The summed E-state index contributed by atoms with van der Waals surface area (Å²) in [4.78, 5) is 35.4. The van der Waals surface area contributed by atoms with Gasteiger partial charge in [-0.2, -0.15) is 0 Å². The second-order valence-electron chi connectivity index (χ2n) is 5.70. The Labute approximate surface area is 155 Å². The van der Waals surface area contributed by atoms with Crippen molar-refractivity contribution < 1.29 is 28.6 Å². The number of carbonyl (C=O) groups is 3. The molecular formula is C19H18N2O6. The van der Waals surface area contributed by atoms with Gasteiger partial charge in [0.05, 0.1) is 5.56 Å². The van der Waals surface area contributed by atoms with E-state index in [1.54, 1.807) is 42.5 Å². The third kappa shape index (κ3) is 4.75. The average Bonchev–Trinajstić information content (AvgIpc) is 2.66. The van der Waals surface area contributed by atoms with Crippen LogP contribution in [0.15, 0.2) is 42.5 Å². The van der Waals surface area contributed by atoms with E-state index in [-0.39, 0.29) is 11.5 Å². The molecule has 2 N–H and O–H groups in total. The predicted octanol–water partition coefficient (Wildman–Crippen LogP) is 2.39. The van der Waals surface area contributed by atoms with Crippen LogP contribution in [0, 0.1) is 0 Å². The lowest BCUT2D eigenvalue weighted by Crippen LogP contribution is -2.37. The summed E-state index contributed by atoms with van der Waals surface area (Å²) in [6.07, 6.45) is 0. The summed E-state index contributed by atoms with van der Waals surface area (Å²) in [6.45, 7) is 1.91. The number of ketones is 1. The first-order valence-electron chi connectivity index (χ1n) is 8.26. The Morgan fingerprint density at radius 1 is 1.04 bits per heavy atom. The van der Waals surface area contributed by atoms with Gasteiger partial charge in [-0.05, 0) is 31.2 Å².